The van der Waals surface area contributed by atoms with Gasteiger partial charge in [-0.25, -0.2) is 9.00 Å². The number of hydrogen-bond donors (Lipinski definition) is 1. The van der Waals surface area contributed by atoms with Crippen LogP contribution in [0.3, 0.4) is 0 Å². The molecule has 0 aromatic heterocycles. The minimum atomic E-state index is -5.04. The molecule has 0 aromatic carbocycles. The van der Waals surface area contributed by atoms with Crippen LogP contribution in [0.5, 0.6) is 0 Å². The Labute approximate surface area is 117 Å². The minimum absolute atomic E-state index is 0.0450. The fraction of sp³-hybridized carbons (Fsp3) is 0.727. The van der Waals surface area contributed by atoms with Crippen molar-refractivity contribution in [1.82, 2.24) is 0 Å². The second kappa shape index (κ2) is 9.06. The molecule has 0 heterocycles. The summed E-state index contributed by atoms with van der Waals surface area (Å²) in [5.41, 5.74) is 0.0450. The average Bonchev–Trinajstić information content (AvgIpc) is 2.36. The monoisotopic (exact) mass is 322 g/mol. The lowest BCUT2D eigenvalue weighted by Gasteiger charge is -2.23. The topological polar surface area (TPSA) is 63.6 Å². The molecule has 0 aromatic rings. The van der Waals surface area contributed by atoms with Gasteiger partial charge in [-0.15, -0.1) is 0 Å². The van der Waals surface area contributed by atoms with Gasteiger partial charge in [-0.2, -0.15) is 17.6 Å². The van der Waals surface area contributed by atoms with Gasteiger partial charge in [0.05, 0.1) is 6.61 Å². The van der Waals surface area contributed by atoms with E-state index in [1.165, 1.54) is 6.92 Å². The van der Waals surface area contributed by atoms with Gasteiger partial charge in [-0.1, -0.05) is 20.4 Å². The van der Waals surface area contributed by atoms with Crippen LogP contribution < -0.4 is 0 Å². The molecule has 1 atom stereocenters. The predicted octanol–water partition coefficient (Wildman–Crippen LogP) is 3.36. The maximum Gasteiger partial charge on any atom is 0.406 e. The van der Waals surface area contributed by atoms with Crippen LogP contribution in [0.4, 0.5) is 17.6 Å². The zero-order valence-corrected chi connectivity index (χ0v) is 12.2. The van der Waals surface area contributed by atoms with E-state index in [-0.39, 0.29) is 5.57 Å². The van der Waals surface area contributed by atoms with E-state index >= 15 is 0 Å². The first kappa shape index (κ1) is 21.3. The van der Waals surface area contributed by atoms with Crippen molar-refractivity contribution in [3.05, 3.63) is 12.2 Å². The average molecular weight is 322 g/mol. The lowest BCUT2D eigenvalue weighted by atomic mass is 10.2. The van der Waals surface area contributed by atoms with Crippen molar-refractivity contribution >= 4 is 17.0 Å². The van der Waals surface area contributed by atoms with Gasteiger partial charge in [-0.3, -0.25) is 0 Å². The van der Waals surface area contributed by atoms with Gasteiger partial charge in [0.15, 0.2) is 0 Å². The Morgan fingerprint density at radius 1 is 1.30 bits per heavy atom. The van der Waals surface area contributed by atoms with Crippen LogP contribution in [0.15, 0.2) is 12.2 Å². The Hall–Kier alpha value is -0.960. The van der Waals surface area contributed by atoms with Crippen LogP contribution in [0.1, 0.15) is 33.6 Å². The molecule has 0 saturated carbocycles. The van der Waals surface area contributed by atoms with Crippen molar-refractivity contribution in [3.8, 4) is 0 Å². The molecule has 1 unspecified atom stereocenters. The Bertz CT molecular complexity index is 358. The molecule has 0 radical (unpaired) electrons. The Balaban J connectivity index is 0. The molecule has 0 aliphatic carbocycles. The Kier molecular flexibility index (Phi) is 9.67. The van der Waals surface area contributed by atoms with Gasteiger partial charge in [0.1, 0.15) is 0 Å². The molecule has 0 amide bonds. The van der Waals surface area contributed by atoms with E-state index in [1.807, 2.05) is 13.8 Å². The third kappa shape index (κ3) is 6.47. The van der Waals surface area contributed by atoms with Crippen LogP contribution in [-0.2, 0) is 20.6 Å². The van der Waals surface area contributed by atoms with Gasteiger partial charge in [0, 0.05) is 12.0 Å². The fourth-order valence-electron chi connectivity index (χ4n) is 0.856. The van der Waals surface area contributed by atoms with E-state index in [9.17, 15) is 26.6 Å². The van der Waals surface area contributed by atoms with Crippen LogP contribution in [0.25, 0.3) is 0 Å². The third-order valence-corrected chi connectivity index (χ3v) is 2.60. The molecule has 0 fully saturated rings. The number of alkyl halides is 4. The molecule has 0 bridgehead atoms. The molecule has 0 saturated heterocycles. The van der Waals surface area contributed by atoms with Gasteiger partial charge in [0.25, 0.3) is 0 Å². The van der Waals surface area contributed by atoms with Crippen LogP contribution in [0, 0.1) is 0 Å². The van der Waals surface area contributed by atoms with Crippen LogP contribution in [0.2, 0.25) is 0 Å². The van der Waals surface area contributed by atoms with Crippen molar-refractivity contribution in [2.24, 2.45) is 0 Å². The second-order valence-electron chi connectivity index (χ2n) is 3.49. The standard InChI is InChI=1S/C9H12F4O4S.C2H6/c1-6(2)7(14)17-5-3-4-8(10,11)9(12,13)18(15)16;1-2/h1,3-5H2,2H3,(H,15,16);1-2H3. The highest BCUT2D eigenvalue weighted by molar-refractivity contribution is 7.80. The summed E-state index contributed by atoms with van der Waals surface area (Å²) in [5, 5.41) is -5.04. The summed E-state index contributed by atoms with van der Waals surface area (Å²) < 4.78 is 73.6. The first-order valence-electron chi connectivity index (χ1n) is 5.71. The quantitative estimate of drug-likeness (QED) is 0.257. The number of esters is 1. The van der Waals surface area contributed by atoms with E-state index in [4.69, 9.17) is 4.55 Å². The second-order valence-corrected chi connectivity index (χ2v) is 4.50. The molecule has 20 heavy (non-hydrogen) atoms. The van der Waals surface area contributed by atoms with E-state index in [2.05, 4.69) is 11.3 Å². The van der Waals surface area contributed by atoms with Gasteiger partial charge < -0.3 is 9.29 Å². The SMILES string of the molecule is C=C(C)C(=O)OCCCC(F)(F)C(F)(F)S(=O)O.CC. The molecule has 0 aliphatic rings. The largest absolute Gasteiger partial charge is 0.462 e. The highest BCUT2D eigenvalue weighted by Gasteiger charge is 2.60. The summed E-state index contributed by atoms with van der Waals surface area (Å²) in [5.74, 6) is -5.47. The van der Waals surface area contributed by atoms with Crippen LogP contribution in [-0.4, -0.2) is 32.5 Å². The van der Waals surface area contributed by atoms with E-state index in [0.717, 1.165) is 0 Å². The molecular weight excluding hydrogens is 304 g/mol. The fourth-order valence-corrected chi connectivity index (χ4v) is 1.21. The number of carbonyl (C=O) groups excluding carboxylic acids is 1. The molecular formula is C11H18F4O4S. The lowest BCUT2D eigenvalue weighted by Crippen LogP contribution is -2.44. The molecule has 0 spiro atoms. The minimum Gasteiger partial charge on any atom is -0.462 e. The number of hydrogen-bond acceptors (Lipinski definition) is 3. The van der Waals surface area contributed by atoms with Gasteiger partial charge in [-0.05, 0) is 13.3 Å². The molecule has 4 nitrogen and oxygen atoms in total. The van der Waals surface area contributed by atoms with Crippen molar-refractivity contribution in [2.75, 3.05) is 6.61 Å². The molecule has 120 valence electrons. The zero-order chi connectivity index (χ0) is 16.6. The van der Waals surface area contributed by atoms with Crippen molar-refractivity contribution in [1.29, 1.82) is 0 Å². The maximum atomic E-state index is 12.9. The summed E-state index contributed by atoms with van der Waals surface area (Å²) in [6.45, 7) is 8.06. The smallest absolute Gasteiger partial charge is 0.406 e. The number of ether oxygens (including phenoxy) is 1. The van der Waals surface area contributed by atoms with E-state index in [0.29, 0.717) is 0 Å². The lowest BCUT2D eigenvalue weighted by molar-refractivity contribution is -0.164. The molecule has 0 rings (SSSR count). The molecule has 1 N–H and O–H groups in total. The first-order valence-corrected chi connectivity index (χ1v) is 6.82. The predicted molar refractivity (Wildman–Crippen MR) is 67.0 cm³/mol. The number of halogens is 4. The van der Waals surface area contributed by atoms with E-state index < -0.39 is 47.7 Å². The van der Waals surface area contributed by atoms with Crippen molar-refractivity contribution in [2.45, 2.75) is 44.8 Å². The highest BCUT2D eigenvalue weighted by Crippen LogP contribution is 2.39. The summed E-state index contributed by atoms with van der Waals surface area (Å²) in [7, 11) is 0. The van der Waals surface area contributed by atoms with Crippen LogP contribution >= 0.6 is 0 Å². The number of rotatable bonds is 7. The van der Waals surface area contributed by atoms with Crippen molar-refractivity contribution < 1.29 is 35.9 Å². The normalized spacial score (nSPS) is 13.0. The van der Waals surface area contributed by atoms with Gasteiger partial charge >= 0.3 is 17.1 Å². The molecule has 9 heteroatoms. The maximum absolute atomic E-state index is 12.9. The Morgan fingerprint density at radius 2 is 1.75 bits per heavy atom. The van der Waals surface area contributed by atoms with E-state index in [1.54, 1.807) is 0 Å². The highest BCUT2D eigenvalue weighted by atomic mass is 32.2. The summed E-state index contributed by atoms with van der Waals surface area (Å²) in [6.07, 6.45) is -1.95. The summed E-state index contributed by atoms with van der Waals surface area (Å²) >= 11 is -3.97. The number of carbonyl (C=O) groups is 1. The summed E-state index contributed by atoms with van der Waals surface area (Å²) in [4.78, 5) is 10.8. The zero-order valence-electron chi connectivity index (χ0n) is 11.4. The third-order valence-electron chi connectivity index (χ3n) is 1.86. The Morgan fingerprint density at radius 3 is 2.10 bits per heavy atom. The van der Waals surface area contributed by atoms with Gasteiger partial charge in [0.2, 0.25) is 11.1 Å². The molecule has 0 aliphatic heterocycles. The summed E-state index contributed by atoms with van der Waals surface area (Å²) in [6, 6.07) is 0. The first-order chi connectivity index (χ1) is 9.02. The van der Waals surface area contributed by atoms with Crippen molar-refractivity contribution in [3.63, 3.8) is 0 Å².